The molecule has 0 saturated heterocycles. The van der Waals surface area contributed by atoms with E-state index >= 15 is 0 Å². The Labute approximate surface area is 144 Å². The third-order valence-electron chi connectivity index (χ3n) is 2.78. The molecule has 3 nitrogen and oxygen atoms in total. The number of benzene rings is 2. The van der Waals surface area contributed by atoms with Crippen LogP contribution in [-0.4, -0.2) is 11.7 Å². The van der Waals surface area contributed by atoms with Crippen molar-refractivity contribution in [2.45, 2.75) is 11.8 Å². The van der Waals surface area contributed by atoms with E-state index in [0.29, 0.717) is 11.4 Å². The summed E-state index contributed by atoms with van der Waals surface area (Å²) in [6.45, 7) is 1.98. The van der Waals surface area contributed by atoms with Gasteiger partial charge >= 0.3 is 0 Å². The molecule has 2 aromatic carbocycles. The van der Waals surface area contributed by atoms with Gasteiger partial charge in [-0.2, -0.15) is 0 Å². The molecule has 0 aliphatic rings. The first-order valence-electron chi connectivity index (χ1n) is 6.19. The van der Waals surface area contributed by atoms with E-state index in [9.17, 15) is 4.79 Å². The highest BCUT2D eigenvalue weighted by Gasteiger charge is 2.07. The molecule has 0 radical (unpaired) electrons. The Bertz CT molecular complexity index is 677. The van der Waals surface area contributed by atoms with Crippen LogP contribution in [0.5, 0.6) is 0 Å². The number of nitrogen functional groups attached to an aromatic ring is 1. The lowest BCUT2D eigenvalue weighted by Crippen LogP contribution is -2.14. The van der Waals surface area contributed by atoms with Crippen LogP contribution in [0.2, 0.25) is 0 Å². The van der Waals surface area contributed by atoms with Crippen LogP contribution in [0, 0.1) is 6.92 Å². The Balaban J connectivity index is 1.95. The molecule has 0 spiro atoms. The summed E-state index contributed by atoms with van der Waals surface area (Å²) in [5, 5.41) is 2.88. The van der Waals surface area contributed by atoms with Crippen molar-refractivity contribution >= 4 is 60.9 Å². The van der Waals surface area contributed by atoms with E-state index in [1.807, 2.05) is 43.3 Å². The quantitative estimate of drug-likeness (QED) is 0.540. The molecular weight excluding hydrogens is 416 g/mol. The molecule has 0 bridgehead atoms. The summed E-state index contributed by atoms with van der Waals surface area (Å²) in [6, 6.07) is 11.3. The van der Waals surface area contributed by atoms with Crippen LogP contribution in [-0.2, 0) is 4.79 Å². The zero-order valence-electron chi connectivity index (χ0n) is 11.3. The standard InChI is InChI=1S/C15H14Br2N2OS/c1-9-6-11(3-4-12(9)17)19-15(20)8-21-14-7-10(16)2-5-13(14)18/h2-7H,8,18H2,1H3,(H,19,20). The Morgan fingerprint density at radius 1 is 1.24 bits per heavy atom. The Kier molecular flexibility index (Phi) is 5.72. The minimum Gasteiger partial charge on any atom is -0.398 e. The number of anilines is 2. The summed E-state index contributed by atoms with van der Waals surface area (Å²) < 4.78 is 1.97. The van der Waals surface area contributed by atoms with Crippen LogP contribution in [0.15, 0.2) is 50.2 Å². The molecule has 0 saturated carbocycles. The largest absolute Gasteiger partial charge is 0.398 e. The number of amides is 1. The number of hydrogen-bond donors (Lipinski definition) is 2. The van der Waals surface area contributed by atoms with Crippen molar-refractivity contribution < 1.29 is 4.79 Å². The average molecular weight is 430 g/mol. The monoisotopic (exact) mass is 428 g/mol. The second-order valence-corrected chi connectivity index (χ2v) is 7.27. The van der Waals surface area contributed by atoms with E-state index in [2.05, 4.69) is 37.2 Å². The molecule has 1 amide bonds. The second kappa shape index (κ2) is 7.33. The third-order valence-corrected chi connectivity index (χ3v) is 5.23. The number of hydrogen-bond acceptors (Lipinski definition) is 3. The average Bonchev–Trinajstić information content (AvgIpc) is 2.44. The van der Waals surface area contributed by atoms with Gasteiger partial charge in [0.25, 0.3) is 0 Å². The van der Waals surface area contributed by atoms with Gasteiger partial charge in [-0.1, -0.05) is 31.9 Å². The van der Waals surface area contributed by atoms with Gasteiger partial charge in [0.2, 0.25) is 5.91 Å². The van der Waals surface area contributed by atoms with Gasteiger partial charge in [0.05, 0.1) is 5.75 Å². The minimum atomic E-state index is -0.0545. The Morgan fingerprint density at radius 2 is 2.00 bits per heavy atom. The number of carbonyl (C=O) groups is 1. The summed E-state index contributed by atoms with van der Waals surface area (Å²) in [6.07, 6.45) is 0. The van der Waals surface area contributed by atoms with Crippen molar-refractivity contribution in [3.05, 3.63) is 50.9 Å². The van der Waals surface area contributed by atoms with Crippen molar-refractivity contribution in [1.29, 1.82) is 0 Å². The lowest BCUT2D eigenvalue weighted by atomic mass is 10.2. The highest BCUT2D eigenvalue weighted by Crippen LogP contribution is 2.28. The molecule has 2 rings (SSSR count). The fourth-order valence-corrected chi connectivity index (χ4v) is 3.26. The molecule has 0 aliphatic carbocycles. The highest BCUT2D eigenvalue weighted by molar-refractivity contribution is 9.10. The van der Waals surface area contributed by atoms with Crippen molar-refractivity contribution in [3.8, 4) is 0 Å². The van der Waals surface area contributed by atoms with Crippen LogP contribution < -0.4 is 11.1 Å². The summed E-state index contributed by atoms with van der Waals surface area (Å²) in [4.78, 5) is 12.9. The lowest BCUT2D eigenvalue weighted by molar-refractivity contribution is -0.113. The predicted octanol–water partition coefficient (Wildman–Crippen LogP) is 4.83. The number of carbonyl (C=O) groups excluding carboxylic acids is 1. The van der Waals surface area contributed by atoms with Gasteiger partial charge in [-0.15, -0.1) is 11.8 Å². The van der Waals surface area contributed by atoms with Crippen LogP contribution in [0.25, 0.3) is 0 Å². The zero-order valence-corrected chi connectivity index (χ0v) is 15.3. The maximum Gasteiger partial charge on any atom is 0.234 e. The first-order chi connectivity index (χ1) is 9.95. The summed E-state index contributed by atoms with van der Waals surface area (Å²) in [7, 11) is 0. The third kappa shape index (κ3) is 4.76. The Hall–Kier alpha value is -0.980. The Morgan fingerprint density at radius 3 is 2.71 bits per heavy atom. The molecule has 0 atom stereocenters. The van der Waals surface area contributed by atoms with Gasteiger partial charge in [0, 0.05) is 25.2 Å². The number of thioether (sulfide) groups is 1. The van der Waals surface area contributed by atoms with E-state index in [-0.39, 0.29) is 5.91 Å². The van der Waals surface area contributed by atoms with Gasteiger partial charge in [0.15, 0.2) is 0 Å². The molecule has 6 heteroatoms. The molecule has 3 N–H and O–H groups in total. The maximum absolute atomic E-state index is 12.0. The summed E-state index contributed by atoms with van der Waals surface area (Å²) in [5.41, 5.74) is 8.44. The molecule has 0 aliphatic heterocycles. The number of rotatable bonds is 4. The van der Waals surface area contributed by atoms with Crippen LogP contribution in [0.3, 0.4) is 0 Å². The molecule has 0 aromatic heterocycles. The fraction of sp³-hybridized carbons (Fsp3) is 0.133. The van der Waals surface area contributed by atoms with Gasteiger partial charge in [-0.25, -0.2) is 0 Å². The first kappa shape index (κ1) is 16.4. The van der Waals surface area contributed by atoms with E-state index in [1.165, 1.54) is 11.8 Å². The predicted molar refractivity (Wildman–Crippen MR) is 96.8 cm³/mol. The summed E-state index contributed by atoms with van der Waals surface area (Å²) >= 11 is 8.25. The zero-order chi connectivity index (χ0) is 15.4. The second-order valence-electron chi connectivity index (χ2n) is 4.48. The van der Waals surface area contributed by atoms with Crippen LogP contribution >= 0.6 is 43.6 Å². The molecule has 2 aromatic rings. The molecule has 0 fully saturated rings. The molecule has 0 heterocycles. The topological polar surface area (TPSA) is 55.1 Å². The van der Waals surface area contributed by atoms with Crippen molar-refractivity contribution in [2.24, 2.45) is 0 Å². The first-order valence-corrected chi connectivity index (χ1v) is 8.76. The SMILES string of the molecule is Cc1cc(NC(=O)CSc2cc(Br)ccc2N)ccc1Br. The number of nitrogens with two attached hydrogens (primary N) is 1. The van der Waals surface area contributed by atoms with Crippen LogP contribution in [0.4, 0.5) is 11.4 Å². The van der Waals surface area contributed by atoms with Gasteiger partial charge in [-0.05, 0) is 48.9 Å². The van der Waals surface area contributed by atoms with E-state index in [0.717, 1.165) is 25.1 Å². The van der Waals surface area contributed by atoms with Crippen LogP contribution in [0.1, 0.15) is 5.56 Å². The van der Waals surface area contributed by atoms with Crippen molar-refractivity contribution in [2.75, 3.05) is 16.8 Å². The smallest absolute Gasteiger partial charge is 0.234 e. The van der Waals surface area contributed by atoms with Crippen molar-refractivity contribution in [3.63, 3.8) is 0 Å². The summed E-state index contributed by atoms with van der Waals surface area (Å²) in [5.74, 6) is 0.261. The van der Waals surface area contributed by atoms with E-state index < -0.39 is 0 Å². The number of aryl methyl sites for hydroxylation is 1. The van der Waals surface area contributed by atoms with Crippen molar-refractivity contribution in [1.82, 2.24) is 0 Å². The van der Waals surface area contributed by atoms with Gasteiger partial charge in [-0.3, -0.25) is 4.79 Å². The van der Waals surface area contributed by atoms with Gasteiger partial charge in [0.1, 0.15) is 0 Å². The fourth-order valence-electron chi connectivity index (χ4n) is 1.70. The molecule has 110 valence electrons. The molecule has 21 heavy (non-hydrogen) atoms. The van der Waals surface area contributed by atoms with E-state index in [1.54, 1.807) is 0 Å². The lowest BCUT2D eigenvalue weighted by Gasteiger charge is -2.08. The number of halogens is 2. The van der Waals surface area contributed by atoms with Gasteiger partial charge < -0.3 is 11.1 Å². The van der Waals surface area contributed by atoms with E-state index in [4.69, 9.17) is 5.73 Å². The maximum atomic E-state index is 12.0. The molecular formula is C15H14Br2N2OS. The highest BCUT2D eigenvalue weighted by atomic mass is 79.9. The number of nitrogens with one attached hydrogen (secondary N) is 1. The normalized spacial score (nSPS) is 10.4. The molecule has 0 unspecified atom stereocenters. The minimum absolute atomic E-state index is 0.0545.